The molecule has 0 aliphatic carbocycles. The number of aliphatic hydroxyl groups excluding tert-OH is 4. The second-order valence-corrected chi connectivity index (χ2v) is 8.20. The molecule has 116 valence electrons. The molecule has 0 unspecified atom stereocenters. The quantitative estimate of drug-likeness (QED) is 0.453. The van der Waals surface area contributed by atoms with Gasteiger partial charge in [-0.1, -0.05) is 27.7 Å². The van der Waals surface area contributed by atoms with Crippen molar-refractivity contribution in [3.8, 4) is 0 Å². The topological polar surface area (TPSA) is 80.9 Å². The fourth-order valence-electron chi connectivity index (χ4n) is 1.32. The van der Waals surface area contributed by atoms with E-state index in [4.69, 9.17) is 5.11 Å². The van der Waals surface area contributed by atoms with Crippen LogP contribution in [0.5, 0.6) is 0 Å². The van der Waals surface area contributed by atoms with Gasteiger partial charge in [-0.2, -0.15) is 0 Å². The Morgan fingerprint density at radius 2 is 1.21 bits per heavy atom. The molecule has 0 aromatic rings. The van der Waals surface area contributed by atoms with E-state index in [0.717, 1.165) is 11.5 Å². The van der Waals surface area contributed by atoms with Gasteiger partial charge in [0, 0.05) is 0 Å². The first-order valence-electron chi connectivity index (χ1n) is 6.67. The van der Waals surface area contributed by atoms with E-state index < -0.39 is 24.9 Å². The minimum absolute atomic E-state index is 0.194. The third kappa shape index (κ3) is 8.42. The molecule has 19 heavy (non-hydrogen) atoms. The fraction of sp³-hybridized carbons (Fsp3) is 1.00. The average molecular weight is 312 g/mol. The van der Waals surface area contributed by atoms with Gasteiger partial charge in [0.25, 0.3) is 0 Å². The van der Waals surface area contributed by atoms with Crippen LogP contribution in [-0.2, 0) is 0 Å². The van der Waals surface area contributed by atoms with Gasteiger partial charge in [0.2, 0.25) is 0 Å². The molecule has 0 aromatic heterocycles. The average Bonchev–Trinajstić information content (AvgIpc) is 2.35. The standard InChI is InChI=1S/C13H28O4S2/c1-8(2)6-18-13(19-7-9(3)4)12(17)11(16)10(15)5-14/h8-17H,5-7H2,1-4H3/t10-,11-,12-/m1/s1. The fourth-order valence-corrected chi connectivity index (χ4v) is 4.04. The molecule has 0 aliphatic heterocycles. The maximum absolute atomic E-state index is 10.1. The number of thioether (sulfide) groups is 2. The minimum Gasteiger partial charge on any atom is -0.394 e. The normalized spacial score (nSPS) is 17.2. The summed E-state index contributed by atoms with van der Waals surface area (Å²) in [6.45, 7) is 7.85. The molecule has 6 heteroatoms. The van der Waals surface area contributed by atoms with Gasteiger partial charge in [-0.25, -0.2) is 0 Å². The highest BCUT2D eigenvalue weighted by molar-refractivity contribution is 8.17. The second kappa shape index (κ2) is 10.3. The molecular formula is C13H28O4S2. The van der Waals surface area contributed by atoms with Crippen molar-refractivity contribution in [2.75, 3.05) is 18.1 Å². The second-order valence-electron chi connectivity index (χ2n) is 5.55. The van der Waals surface area contributed by atoms with Crippen molar-refractivity contribution in [3.63, 3.8) is 0 Å². The largest absolute Gasteiger partial charge is 0.394 e. The molecule has 0 rings (SSSR count). The first-order valence-corrected chi connectivity index (χ1v) is 8.77. The van der Waals surface area contributed by atoms with Crippen molar-refractivity contribution in [3.05, 3.63) is 0 Å². The van der Waals surface area contributed by atoms with Crippen LogP contribution in [0, 0.1) is 11.8 Å². The number of rotatable bonds is 10. The van der Waals surface area contributed by atoms with Crippen molar-refractivity contribution < 1.29 is 20.4 Å². The van der Waals surface area contributed by atoms with E-state index in [9.17, 15) is 15.3 Å². The summed E-state index contributed by atoms with van der Waals surface area (Å²) in [5.41, 5.74) is 0. The Kier molecular flexibility index (Phi) is 10.6. The van der Waals surface area contributed by atoms with E-state index in [1.807, 2.05) is 0 Å². The molecule has 0 fully saturated rings. The molecule has 0 bridgehead atoms. The Morgan fingerprint density at radius 3 is 1.53 bits per heavy atom. The van der Waals surface area contributed by atoms with Crippen molar-refractivity contribution in [1.29, 1.82) is 0 Å². The predicted molar refractivity (Wildman–Crippen MR) is 83.5 cm³/mol. The Hall–Kier alpha value is 0.540. The van der Waals surface area contributed by atoms with Crippen molar-refractivity contribution in [1.82, 2.24) is 0 Å². The van der Waals surface area contributed by atoms with E-state index in [-0.39, 0.29) is 4.58 Å². The van der Waals surface area contributed by atoms with Crippen LogP contribution in [0.25, 0.3) is 0 Å². The van der Waals surface area contributed by atoms with Gasteiger partial charge in [0.05, 0.1) is 11.2 Å². The zero-order chi connectivity index (χ0) is 15.0. The zero-order valence-corrected chi connectivity index (χ0v) is 13.8. The summed E-state index contributed by atoms with van der Waals surface area (Å²) in [6.07, 6.45) is -3.65. The summed E-state index contributed by atoms with van der Waals surface area (Å²) in [6, 6.07) is 0. The van der Waals surface area contributed by atoms with Crippen LogP contribution >= 0.6 is 23.5 Å². The van der Waals surface area contributed by atoms with Gasteiger partial charge >= 0.3 is 0 Å². The van der Waals surface area contributed by atoms with Crippen LogP contribution in [0.15, 0.2) is 0 Å². The third-order valence-electron chi connectivity index (χ3n) is 2.40. The first kappa shape index (κ1) is 19.5. The Bertz CT molecular complexity index is 215. The minimum atomic E-state index is -1.31. The Morgan fingerprint density at radius 1 is 0.789 bits per heavy atom. The van der Waals surface area contributed by atoms with Crippen LogP contribution in [-0.4, -0.2) is 61.4 Å². The van der Waals surface area contributed by atoms with Crippen LogP contribution < -0.4 is 0 Å². The van der Waals surface area contributed by atoms with Crippen molar-refractivity contribution >= 4 is 23.5 Å². The number of aliphatic hydroxyl groups is 4. The molecule has 0 spiro atoms. The maximum atomic E-state index is 10.1. The summed E-state index contributed by atoms with van der Waals surface area (Å²) < 4.78 is -0.194. The summed E-state index contributed by atoms with van der Waals surface area (Å²) in [5.74, 6) is 2.77. The predicted octanol–water partition coefficient (Wildman–Crippen LogP) is 1.17. The molecule has 0 saturated heterocycles. The molecule has 4 N–H and O–H groups in total. The summed E-state index contributed by atoms with van der Waals surface area (Å²) in [5, 5.41) is 38.2. The zero-order valence-electron chi connectivity index (χ0n) is 12.2. The molecule has 0 radical (unpaired) electrons. The lowest BCUT2D eigenvalue weighted by Crippen LogP contribution is -2.44. The van der Waals surface area contributed by atoms with Gasteiger partial charge in [0.1, 0.15) is 18.3 Å². The molecule has 0 aromatic carbocycles. The molecule has 0 amide bonds. The van der Waals surface area contributed by atoms with Crippen LogP contribution in [0.2, 0.25) is 0 Å². The SMILES string of the molecule is CC(C)CSC(SCC(C)C)[C@H](O)[C@H](O)[C@H](O)CO. The molecule has 0 aliphatic rings. The maximum Gasteiger partial charge on any atom is 0.110 e. The Balaban J connectivity index is 4.51. The van der Waals surface area contributed by atoms with E-state index in [1.54, 1.807) is 23.5 Å². The van der Waals surface area contributed by atoms with Crippen LogP contribution in [0.1, 0.15) is 27.7 Å². The van der Waals surface area contributed by atoms with E-state index in [1.165, 1.54) is 0 Å². The van der Waals surface area contributed by atoms with Crippen molar-refractivity contribution in [2.24, 2.45) is 11.8 Å². The van der Waals surface area contributed by atoms with Gasteiger partial charge in [-0.3, -0.25) is 0 Å². The molecule has 4 nitrogen and oxygen atoms in total. The summed E-state index contributed by atoms with van der Waals surface area (Å²) >= 11 is 3.19. The molecule has 0 saturated carbocycles. The first-order chi connectivity index (χ1) is 8.79. The number of hydrogen-bond acceptors (Lipinski definition) is 6. The monoisotopic (exact) mass is 312 g/mol. The lowest BCUT2D eigenvalue weighted by Gasteiger charge is -2.29. The van der Waals surface area contributed by atoms with E-state index in [2.05, 4.69) is 27.7 Å². The highest BCUT2D eigenvalue weighted by atomic mass is 32.2. The lowest BCUT2D eigenvalue weighted by atomic mass is 10.1. The van der Waals surface area contributed by atoms with Gasteiger partial charge < -0.3 is 20.4 Å². The highest BCUT2D eigenvalue weighted by Gasteiger charge is 2.31. The molecule has 3 atom stereocenters. The van der Waals surface area contributed by atoms with E-state index in [0.29, 0.717) is 11.8 Å². The Labute approximate surface area is 125 Å². The van der Waals surface area contributed by atoms with Gasteiger partial charge in [-0.05, 0) is 23.3 Å². The van der Waals surface area contributed by atoms with Gasteiger partial charge in [-0.15, -0.1) is 23.5 Å². The highest BCUT2D eigenvalue weighted by Crippen LogP contribution is 2.31. The third-order valence-corrected chi connectivity index (χ3v) is 6.15. The summed E-state index contributed by atoms with van der Waals surface area (Å²) in [4.78, 5) is 0. The molecule has 0 heterocycles. The summed E-state index contributed by atoms with van der Waals surface area (Å²) in [7, 11) is 0. The smallest absolute Gasteiger partial charge is 0.110 e. The molecular weight excluding hydrogens is 284 g/mol. The number of hydrogen-bond donors (Lipinski definition) is 4. The van der Waals surface area contributed by atoms with Crippen molar-refractivity contribution in [2.45, 2.75) is 50.6 Å². The van der Waals surface area contributed by atoms with Gasteiger partial charge in [0.15, 0.2) is 0 Å². The lowest BCUT2D eigenvalue weighted by molar-refractivity contribution is -0.0706. The van der Waals surface area contributed by atoms with Crippen LogP contribution in [0.4, 0.5) is 0 Å². The van der Waals surface area contributed by atoms with E-state index >= 15 is 0 Å². The van der Waals surface area contributed by atoms with Crippen LogP contribution in [0.3, 0.4) is 0 Å².